The van der Waals surface area contributed by atoms with Crippen molar-refractivity contribution in [2.24, 2.45) is 4.99 Å². The quantitative estimate of drug-likeness (QED) is 0.586. The number of carbonyl (C=O) groups is 1. The smallest absolute Gasteiger partial charge is 0.335 e. The Kier molecular flexibility index (Phi) is 3.15. The number of isocyanates is 1. The van der Waals surface area contributed by atoms with E-state index >= 15 is 0 Å². The number of rotatable bonds is 3. The van der Waals surface area contributed by atoms with Crippen LogP contribution in [0, 0.1) is 0 Å². The van der Waals surface area contributed by atoms with Crippen LogP contribution in [0.1, 0.15) is 22.8 Å². The highest BCUT2D eigenvalue weighted by Crippen LogP contribution is 2.20. The van der Waals surface area contributed by atoms with E-state index in [-0.39, 0.29) is 5.56 Å². The van der Waals surface area contributed by atoms with Crippen molar-refractivity contribution in [1.29, 1.82) is 0 Å². The Morgan fingerprint density at radius 2 is 2.29 bits per heavy atom. The summed E-state index contributed by atoms with van der Waals surface area (Å²) in [6.45, 7) is 1.87. The van der Waals surface area contributed by atoms with Crippen LogP contribution in [0.4, 0.5) is 5.69 Å². The van der Waals surface area contributed by atoms with Crippen LogP contribution in [0.2, 0.25) is 0 Å². The molecule has 1 aromatic rings. The maximum atomic E-state index is 10.6. The predicted molar refractivity (Wildman–Crippen MR) is 50.6 cm³/mol. The number of aryl methyl sites for hydroxylation is 1. The number of nitrogens with zero attached hydrogens (tertiary/aromatic N) is 1. The maximum absolute atomic E-state index is 10.6. The van der Waals surface area contributed by atoms with Gasteiger partial charge in [-0.3, -0.25) is 0 Å². The highest BCUT2D eigenvalue weighted by atomic mass is 16.4. The Morgan fingerprint density at radius 1 is 1.57 bits per heavy atom. The standard InChI is InChI=1S/C10H9NO3/c1-2-7-5-8(10(13)14)3-4-9(7)11-6-12/h3-5H,2H2,1H3,(H,13,14). The lowest BCUT2D eigenvalue weighted by molar-refractivity contribution is 0.0697. The number of carboxylic acids is 1. The van der Waals surface area contributed by atoms with Gasteiger partial charge in [0.2, 0.25) is 6.08 Å². The average molecular weight is 191 g/mol. The fraction of sp³-hybridized carbons (Fsp3) is 0.200. The lowest BCUT2D eigenvalue weighted by Crippen LogP contribution is -1.97. The molecule has 0 bridgehead atoms. The van der Waals surface area contributed by atoms with Crippen LogP contribution in [0.15, 0.2) is 23.2 Å². The van der Waals surface area contributed by atoms with Crippen LogP contribution in [0.5, 0.6) is 0 Å². The number of carboxylic acid groups (broad SMARTS) is 1. The normalized spacial score (nSPS) is 9.21. The van der Waals surface area contributed by atoms with Gasteiger partial charge in [0.1, 0.15) is 0 Å². The van der Waals surface area contributed by atoms with Gasteiger partial charge < -0.3 is 5.11 Å². The predicted octanol–water partition coefficient (Wildman–Crippen LogP) is 1.91. The van der Waals surface area contributed by atoms with Gasteiger partial charge in [-0.2, -0.15) is 4.99 Å². The summed E-state index contributed by atoms with van der Waals surface area (Å²) in [5.74, 6) is -0.985. The van der Waals surface area contributed by atoms with Crippen molar-refractivity contribution < 1.29 is 14.7 Å². The molecule has 1 aromatic carbocycles. The van der Waals surface area contributed by atoms with Gasteiger partial charge in [0, 0.05) is 0 Å². The van der Waals surface area contributed by atoms with E-state index in [4.69, 9.17) is 5.11 Å². The molecule has 0 radical (unpaired) electrons. The second kappa shape index (κ2) is 4.35. The van der Waals surface area contributed by atoms with Crippen LogP contribution in [0.3, 0.4) is 0 Å². The molecule has 0 spiro atoms. The number of carbonyl (C=O) groups excluding carboxylic acids is 1. The summed E-state index contributed by atoms with van der Waals surface area (Å²) in [7, 11) is 0. The Morgan fingerprint density at radius 3 is 2.79 bits per heavy atom. The molecular formula is C10H9NO3. The van der Waals surface area contributed by atoms with Crippen LogP contribution in [-0.4, -0.2) is 17.2 Å². The van der Waals surface area contributed by atoms with Gasteiger partial charge in [0.15, 0.2) is 0 Å². The van der Waals surface area contributed by atoms with Crippen LogP contribution < -0.4 is 0 Å². The number of aromatic carboxylic acids is 1. The van der Waals surface area contributed by atoms with Crippen molar-refractivity contribution in [2.75, 3.05) is 0 Å². The zero-order valence-corrected chi connectivity index (χ0v) is 7.65. The summed E-state index contributed by atoms with van der Waals surface area (Å²) in [6, 6.07) is 4.43. The third-order valence-corrected chi connectivity index (χ3v) is 1.87. The minimum Gasteiger partial charge on any atom is -0.478 e. The number of hydrogen-bond donors (Lipinski definition) is 1. The van der Waals surface area contributed by atoms with Crippen molar-refractivity contribution in [2.45, 2.75) is 13.3 Å². The third kappa shape index (κ3) is 2.06. The van der Waals surface area contributed by atoms with Gasteiger partial charge in [-0.05, 0) is 30.2 Å². The molecule has 0 amide bonds. The minimum absolute atomic E-state index is 0.201. The first-order valence-corrected chi connectivity index (χ1v) is 4.13. The summed E-state index contributed by atoms with van der Waals surface area (Å²) in [5.41, 5.74) is 1.41. The molecule has 0 aliphatic rings. The van der Waals surface area contributed by atoms with Gasteiger partial charge in [0.05, 0.1) is 11.3 Å². The Bertz CT molecular complexity index is 406. The van der Waals surface area contributed by atoms with E-state index in [0.717, 1.165) is 5.56 Å². The van der Waals surface area contributed by atoms with Crippen molar-refractivity contribution >= 4 is 17.7 Å². The molecule has 1 rings (SSSR count). The topological polar surface area (TPSA) is 66.7 Å². The van der Waals surface area contributed by atoms with Crippen molar-refractivity contribution in [3.63, 3.8) is 0 Å². The fourth-order valence-corrected chi connectivity index (χ4v) is 1.16. The Hall–Kier alpha value is -1.93. The summed E-state index contributed by atoms with van der Waals surface area (Å²) in [5, 5.41) is 8.72. The third-order valence-electron chi connectivity index (χ3n) is 1.87. The summed E-state index contributed by atoms with van der Waals surface area (Å²) < 4.78 is 0. The van der Waals surface area contributed by atoms with Gasteiger partial charge in [-0.1, -0.05) is 6.92 Å². The van der Waals surface area contributed by atoms with Crippen molar-refractivity contribution in [3.8, 4) is 0 Å². The molecule has 0 unspecified atom stereocenters. The zero-order valence-electron chi connectivity index (χ0n) is 7.65. The molecule has 0 heterocycles. The highest BCUT2D eigenvalue weighted by molar-refractivity contribution is 5.88. The molecule has 0 atom stereocenters. The summed E-state index contributed by atoms with van der Waals surface area (Å²) >= 11 is 0. The average Bonchev–Trinajstić information content (AvgIpc) is 2.18. The first kappa shape index (κ1) is 10.2. The van der Waals surface area contributed by atoms with Crippen LogP contribution in [0.25, 0.3) is 0 Å². The van der Waals surface area contributed by atoms with E-state index in [0.29, 0.717) is 12.1 Å². The second-order valence-corrected chi connectivity index (χ2v) is 2.71. The molecule has 0 fully saturated rings. The lowest BCUT2D eigenvalue weighted by Gasteiger charge is -2.02. The molecule has 0 saturated carbocycles. The first-order valence-electron chi connectivity index (χ1n) is 4.13. The Balaban J connectivity index is 3.24. The van der Waals surface area contributed by atoms with Gasteiger partial charge in [0.25, 0.3) is 0 Å². The molecule has 0 saturated heterocycles. The maximum Gasteiger partial charge on any atom is 0.335 e. The van der Waals surface area contributed by atoms with Crippen molar-refractivity contribution in [1.82, 2.24) is 0 Å². The van der Waals surface area contributed by atoms with Crippen LogP contribution >= 0.6 is 0 Å². The second-order valence-electron chi connectivity index (χ2n) is 2.71. The molecule has 0 aliphatic heterocycles. The fourth-order valence-electron chi connectivity index (χ4n) is 1.16. The van der Waals surface area contributed by atoms with Gasteiger partial charge in [-0.15, -0.1) is 0 Å². The van der Waals surface area contributed by atoms with Crippen molar-refractivity contribution in [3.05, 3.63) is 29.3 Å². The van der Waals surface area contributed by atoms with Gasteiger partial charge >= 0.3 is 5.97 Å². The molecule has 1 N–H and O–H groups in total. The highest BCUT2D eigenvalue weighted by Gasteiger charge is 2.06. The van der Waals surface area contributed by atoms with E-state index in [1.165, 1.54) is 24.3 Å². The first-order chi connectivity index (χ1) is 6.69. The lowest BCUT2D eigenvalue weighted by atomic mass is 10.1. The monoisotopic (exact) mass is 191 g/mol. The zero-order chi connectivity index (χ0) is 10.6. The SMILES string of the molecule is CCc1cc(C(=O)O)ccc1N=C=O. The number of hydrogen-bond acceptors (Lipinski definition) is 3. The molecule has 14 heavy (non-hydrogen) atoms. The van der Waals surface area contributed by atoms with Gasteiger partial charge in [-0.25, -0.2) is 9.59 Å². The molecular weight excluding hydrogens is 182 g/mol. The minimum atomic E-state index is -0.985. The molecule has 72 valence electrons. The Labute approximate surface area is 80.9 Å². The van der Waals surface area contributed by atoms with Crippen LogP contribution in [-0.2, 0) is 11.2 Å². The number of benzene rings is 1. The molecule has 4 heteroatoms. The molecule has 0 aromatic heterocycles. The van der Waals surface area contributed by atoms with E-state index in [2.05, 4.69) is 4.99 Å². The molecule has 4 nitrogen and oxygen atoms in total. The van der Waals surface area contributed by atoms with E-state index in [1.54, 1.807) is 0 Å². The van der Waals surface area contributed by atoms with E-state index in [1.807, 2.05) is 6.92 Å². The number of aliphatic imine (C=N–C) groups is 1. The summed E-state index contributed by atoms with van der Waals surface area (Å²) in [4.78, 5) is 24.2. The molecule has 0 aliphatic carbocycles. The summed E-state index contributed by atoms with van der Waals surface area (Å²) in [6.07, 6.45) is 2.06. The van der Waals surface area contributed by atoms with E-state index in [9.17, 15) is 9.59 Å². The van der Waals surface area contributed by atoms with E-state index < -0.39 is 5.97 Å². The largest absolute Gasteiger partial charge is 0.478 e.